The molecule has 0 saturated carbocycles. The Labute approximate surface area is 187 Å². The summed E-state index contributed by atoms with van der Waals surface area (Å²) in [5.74, 6) is 0.466. The van der Waals surface area contributed by atoms with Gasteiger partial charge in [-0.1, -0.05) is 18.2 Å². The minimum atomic E-state index is -0.179. The van der Waals surface area contributed by atoms with Crippen LogP contribution in [0.4, 0.5) is 11.6 Å². The molecule has 8 nitrogen and oxygen atoms in total. The molecule has 2 aromatic carbocycles. The van der Waals surface area contributed by atoms with Crippen molar-refractivity contribution in [2.75, 3.05) is 49.5 Å². The van der Waals surface area contributed by atoms with E-state index >= 15 is 0 Å². The maximum atomic E-state index is 12.4. The van der Waals surface area contributed by atoms with Gasteiger partial charge in [-0.05, 0) is 42.5 Å². The SMILES string of the molecule is O=C(NCCN1CCN(c2ncccn2)CC1)c1ccc(NC(=O)c2ccccc2)cc1. The maximum Gasteiger partial charge on any atom is 0.255 e. The first kappa shape index (κ1) is 21.5. The van der Waals surface area contributed by atoms with Gasteiger partial charge in [-0.25, -0.2) is 9.97 Å². The van der Waals surface area contributed by atoms with E-state index in [9.17, 15) is 9.59 Å². The third-order valence-corrected chi connectivity index (χ3v) is 5.36. The lowest BCUT2D eigenvalue weighted by Gasteiger charge is -2.34. The van der Waals surface area contributed by atoms with Crippen molar-refractivity contribution in [3.63, 3.8) is 0 Å². The Kier molecular flexibility index (Phi) is 7.04. The normalized spacial score (nSPS) is 14.1. The number of amides is 2. The van der Waals surface area contributed by atoms with Crippen molar-refractivity contribution in [2.45, 2.75) is 0 Å². The number of carbonyl (C=O) groups excluding carboxylic acids is 2. The van der Waals surface area contributed by atoms with Crippen LogP contribution in [0.3, 0.4) is 0 Å². The molecule has 1 fully saturated rings. The van der Waals surface area contributed by atoms with Crippen LogP contribution in [-0.2, 0) is 0 Å². The third-order valence-electron chi connectivity index (χ3n) is 5.36. The van der Waals surface area contributed by atoms with E-state index in [1.807, 2.05) is 24.3 Å². The number of hydrogen-bond acceptors (Lipinski definition) is 6. The van der Waals surface area contributed by atoms with Gasteiger partial charge in [0.25, 0.3) is 11.8 Å². The molecule has 0 radical (unpaired) electrons. The van der Waals surface area contributed by atoms with Crippen molar-refractivity contribution >= 4 is 23.5 Å². The van der Waals surface area contributed by atoms with E-state index in [-0.39, 0.29) is 11.8 Å². The Balaban J connectivity index is 1.19. The highest BCUT2D eigenvalue weighted by Crippen LogP contribution is 2.12. The van der Waals surface area contributed by atoms with E-state index in [0.29, 0.717) is 23.4 Å². The zero-order valence-electron chi connectivity index (χ0n) is 17.8. The van der Waals surface area contributed by atoms with Crippen molar-refractivity contribution < 1.29 is 9.59 Å². The van der Waals surface area contributed by atoms with Gasteiger partial charge in [0.05, 0.1) is 0 Å². The molecule has 164 valence electrons. The van der Waals surface area contributed by atoms with Crippen LogP contribution in [0.15, 0.2) is 73.1 Å². The Morgan fingerprint density at radius 2 is 1.44 bits per heavy atom. The van der Waals surface area contributed by atoms with Gasteiger partial charge in [-0.2, -0.15) is 0 Å². The predicted octanol–water partition coefficient (Wildman–Crippen LogP) is 2.28. The molecule has 1 aliphatic rings. The van der Waals surface area contributed by atoms with Crippen LogP contribution in [0.5, 0.6) is 0 Å². The fourth-order valence-electron chi connectivity index (χ4n) is 3.55. The van der Waals surface area contributed by atoms with Crippen molar-refractivity contribution in [1.29, 1.82) is 0 Å². The number of hydrogen-bond donors (Lipinski definition) is 2. The van der Waals surface area contributed by atoms with E-state index in [1.54, 1.807) is 48.8 Å². The number of rotatable bonds is 7. The fourth-order valence-corrected chi connectivity index (χ4v) is 3.55. The Hall–Kier alpha value is -3.78. The van der Waals surface area contributed by atoms with Crippen LogP contribution < -0.4 is 15.5 Å². The fraction of sp³-hybridized carbons (Fsp3) is 0.250. The number of anilines is 2. The first-order chi connectivity index (χ1) is 15.7. The van der Waals surface area contributed by atoms with Crippen LogP contribution >= 0.6 is 0 Å². The van der Waals surface area contributed by atoms with E-state index in [4.69, 9.17) is 0 Å². The minimum Gasteiger partial charge on any atom is -0.351 e. The van der Waals surface area contributed by atoms with Gasteiger partial charge in [0.15, 0.2) is 0 Å². The molecule has 2 amide bonds. The summed E-state index contributed by atoms with van der Waals surface area (Å²) in [7, 11) is 0. The lowest BCUT2D eigenvalue weighted by Crippen LogP contribution is -2.49. The average Bonchev–Trinajstić information content (AvgIpc) is 2.86. The molecular formula is C24H26N6O2. The van der Waals surface area contributed by atoms with Gasteiger partial charge in [0, 0.05) is 68.5 Å². The highest BCUT2D eigenvalue weighted by Gasteiger charge is 2.18. The Bertz CT molecular complexity index is 1020. The lowest BCUT2D eigenvalue weighted by molar-refractivity contribution is 0.0947. The first-order valence-corrected chi connectivity index (χ1v) is 10.7. The number of piperazine rings is 1. The van der Waals surface area contributed by atoms with Crippen LogP contribution in [0.1, 0.15) is 20.7 Å². The second-order valence-corrected chi connectivity index (χ2v) is 7.53. The van der Waals surface area contributed by atoms with Gasteiger partial charge >= 0.3 is 0 Å². The van der Waals surface area contributed by atoms with E-state index in [0.717, 1.165) is 38.7 Å². The van der Waals surface area contributed by atoms with Crippen molar-refractivity contribution in [1.82, 2.24) is 20.2 Å². The predicted molar refractivity (Wildman–Crippen MR) is 124 cm³/mol. The van der Waals surface area contributed by atoms with Crippen molar-refractivity contribution in [3.05, 3.63) is 84.2 Å². The second kappa shape index (κ2) is 10.5. The molecule has 1 aliphatic heterocycles. The summed E-state index contributed by atoms with van der Waals surface area (Å²) < 4.78 is 0. The van der Waals surface area contributed by atoms with Gasteiger partial charge in [-0.3, -0.25) is 14.5 Å². The minimum absolute atomic E-state index is 0.123. The molecule has 0 bridgehead atoms. The van der Waals surface area contributed by atoms with Gasteiger partial charge in [0.1, 0.15) is 0 Å². The quantitative estimate of drug-likeness (QED) is 0.598. The van der Waals surface area contributed by atoms with Crippen LogP contribution in [-0.4, -0.2) is 66.0 Å². The Morgan fingerprint density at radius 1 is 0.781 bits per heavy atom. The molecule has 2 heterocycles. The average molecular weight is 431 g/mol. The molecule has 1 saturated heterocycles. The molecule has 0 unspecified atom stereocenters. The van der Waals surface area contributed by atoms with E-state index in [2.05, 4.69) is 30.4 Å². The van der Waals surface area contributed by atoms with Crippen LogP contribution in [0, 0.1) is 0 Å². The van der Waals surface area contributed by atoms with Crippen LogP contribution in [0.25, 0.3) is 0 Å². The first-order valence-electron chi connectivity index (χ1n) is 10.7. The lowest BCUT2D eigenvalue weighted by atomic mass is 10.1. The summed E-state index contributed by atoms with van der Waals surface area (Å²) in [5.41, 5.74) is 1.80. The number of aromatic nitrogens is 2. The molecule has 8 heteroatoms. The molecule has 4 rings (SSSR count). The summed E-state index contributed by atoms with van der Waals surface area (Å²) in [6.45, 7) is 4.92. The maximum absolute atomic E-state index is 12.4. The molecule has 1 aromatic heterocycles. The summed E-state index contributed by atoms with van der Waals surface area (Å²) >= 11 is 0. The van der Waals surface area contributed by atoms with E-state index < -0.39 is 0 Å². The van der Waals surface area contributed by atoms with Crippen LogP contribution in [0.2, 0.25) is 0 Å². The highest BCUT2D eigenvalue weighted by atomic mass is 16.2. The molecule has 0 aliphatic carbocycles. The summed E-state index contributed by atoms with van der Waals surface area (Å²) in [6, 6.07) is 17.7. The van der Waals surface area contributed by atoms with Gasteiger partial charge in [-0.15, -0.1) is 0 Å². The molecular weight excluding hydrogens is 404 g/mol. The van der Waals surface area contributed by atoms with Gasteiger partial charge < -0.3 is 15.5 Å². The third kappa shape index (κ3) is 5.67. The summed E-state index contributed by atoms with van der Waals surface area (Å²) in [5, 5.41) is 5.80. The number of benzene rings is 2. The topological polar surface area (TPSA) is 90.5 Å². The number of carbonyl (C=O) groups is 2. The smallest absolute Gasteiger partial charge is 0.255 e. The molecule has 32 heavy (non-hydrogen) atoms. The molecule has 0 spiro atoms. The highest BCUT2D eigenvalue weighted by molar-refractivity contribution is 6.04. The molecule has 2 N–H and O–H groups in total. The number of nitrogens with zero attached hydrogens (tertiary/aromatic N) is 4. The molecule has 3 aromatic rings. The monoisotopic (exact) mass is 430 g/mol. The number of nitrogens with one attached hydrogen (secondary N) is 2. The van der Waals surface area contributed by atoms with Crippen molar-refractivity contribution in [2.24, 2.45) is 0 Å². The van der Waals surface area contributed by atoms with Gasteiger partial charge in [0.2, 0.25) is 5.95 Å². The summed E-state index contributed by atoms with van der Waals surface area (Å²) in [4.78, 5) is 37.8. The second-order valence-electron chi connectivity index (χ2n) is 7.53. The summed E-state index contributed by atoms with van der Waals surface area (Å²) in [6.07, 6.45) is 3.52. The largest absolute Gasteiger partial charge is 0.351 e. The Morgan fingerprint density at radius 3 is 2.12 bits per heavy atom. The zero-order valence-corrected chi connectivity index (χ0v) is 17.8. The standard InChI is InChI=1S/C24H26N6O2/c31-22(20-7-9-21(10-8-20)28-23(32)19-5-2-1-3-6-19)25-13-14-29-15-17-30(18-16-29)24-26-11-4-12-27-24/h1-12H,13-18H2,(H,25,31)(H,28,32). The van der Waals surface area contributed by atoms with E-state index in [1.165, 1.54) is 0 Å². The molecule has 0 atom stereocenters. The van der Waals surface area contributed by atoms with Crippen molar-refractivity contribution in [3.8, 4) is 0 Å². The zero-order chi connectivity index (χ0) is 22.2.